The molecule has 90 valence electrons. The molecule has 1 saturated carbocycles. The molecule has 17 heavy (non-hydrogen) atoms. The maximum atomic E-state index is 11.8. The summed E-state index contributed by atoms with van der Waals surface area (Å²) in [4.78, 5) is 22.0. The highest BCUT2D eigenvalue weighted by molar-refractivity contribution is 7.98. The third-order valence-corrected chi connectivity index (χ3v) is 3.53. The number of cyclic esters (lactones) is 1. The van der Waals surface area contributed by atoms with Gasteiger partial charge in [-0.15, -0.1) is 0 Å². The molecular formula is C11H13N3O2S. The van der Waals surface area contributed by atoms with Gasteiger partial charge >= 0.3 is 6.09 Å². The Morgan fingerprint density at radius 1 is 1.59 bits per heavy atom. The lowest BCUT2D eigenvalue weighted by Crippen LogP contribution is -2.38. The van der Waals surface area contributed by atoms with E-state index >= 15 is 0 Å². The number of nitrogens with zero attached hydrogens (tertiary/aromatic N) is 3. The second-order valence-corrected chi connectivity index (χ2v) is 5.09. The van der Waals surface area contributed by atoms with Gasteiger partial charge in [0.25, 0.3) is 0 Å². The third-order valence-electron chi connectivity index (χ3n) is 2.97. The Hall–Kier alpha value is -1.30. The molecular weight excluding hydrogens is 238 g/mol. The number of carbonyl (C=O) groups excluding carboxylic acids is 1. The van der Waals surface area contributed by atoms with Gasteiger partial charge in [-0.1, -0.05) is 11.8 Å². The van der Waals surface area contributed by atoms with Crippen molar-refractivity contribution in [1.29, 1.82) is 0 Å². The Bertz CT molecular complexity index is 462. The Morgan fingerprint density at radius 2 is 2.41 bits per heavy atom. The van der Waals surface area contributed by atoms with Gasteiger partial charge in [0.1, 0.15) is 12.4 Å². The number of anilines is 1. The second-order valence-electron chi connectivity index (χ2n) is 4.31. The molecule has 0 N–H and O–H groups in total. The molecule has 6 heteroatoms. The van der Waals surface area contributed by atoms with Crippen LogP contribution in [-0.4, -0.2) is 28.9 Å². The van der Waals surface area contributed by atoms with Crippen molar-refractivity contribution in [2.75, 3.05) is 17.7 Å². The summed E-state index contributed by atoms with van der Waals surface area (Å²) < 4.78 is 5.12. The lowest BCUT2D eigenvalue weighted by molar-refractivity contribution is 0.140. The highest BCUT2D eigenvalue weighted by Gasteiger charge is 2.33. The Balaban J connectivity index is 1.95. The molecule has 2 aliphatic rings. The molecule has 0 saturated heterocycles. The average Bonchev–Trinajstić information content (AvgIpc) is 3.16. The third kappa shape index (κ3) is 2.09. The number of rotatable bonds is 3. The summed E-state index contributed by atoms with van der Waals surface area (Å²) >= 11 is 1.48. The number of carbonyl (C=O) groups is 1. The van der Waals surface area contributed by atoms with Crippen LogP contribution in [0.1, 0.15) is 18.4 Å². The molecule has 1 aromatic heterocycles. The Morgan fingerprint density at radius 3 is 3.12 bits per heavy atom. The van der Waals surface area contributed by atoms with Crippen LogP contribution in [0.3, 0.4) is 0 Å². The van der Waals surface area contributed by atoms with E-state index in [4.69, 9.17) is 4.74 Å². The topological polar surface area (TPSA) is 55.3 Å². The number of ether oxygens (including phenoxy) is 1. The van der Waals surface area contributed by atoms with Crippen LogP contribution in [0.5, 0.6) is 0 Å². The van der Waals surface area contributed by atoms with Crippen molar-refractivity contribution in [3.63, 3.8) is 0 Å². The number of hydrogen-bond acceptors (Lipinski definition) is 5. The van der Waals surface area contributed by atoms with Crippen molar-refractivity contribution in [3.05, 3.63) is 11.8 Å². The number of amides is 1. The van der Waals surface area contributed by atoms with Crippen LogP contribution in [0.25, 0.3) is 0 Å². The summed E-state index contributed by atoms with van der Waals surface area (Å²) in [6, 6.07) is 0. The van der Waals surface area contributed by atoms with E-state index in [-0.39, 0.29) is 12.7 Å². The van der Waals surface area contributed by atoms with E-state index in [9.17, 15) is 4.79 Å². The summed E-state index contributed by atoms with van der Waals surface area (Å²) in [6.07, 6.45) is 5.78. The van der Waals surface area contributed by atoms with Gasteiger partial charge in [0.2, 0.25) is 0 Å². The fraction of sp³-hybridized carbons (Fsp3) is 0.545. The molecule has 0 unspecified atom stereocenters. The number of hydrogen-bond donors (Lipinski definition) is 0. The summed E-state index contributed by atoms with van der Waals surface area (Å²) in [6.45, 7) is 1.00. The van der Waals surface area contributed by atoms with Crippen molar-refractivity contribution in [2.24, 2.45) is 5.92 Å². The van der Waals surface area contributed by atoms with Crippen molar-refractivity contribution in [1.82, 2.24) is 9.97 Å². The first-order valence-electron chi connectivity index (χ1n) is 5.62. The largest absolute Gasteiger partial charge is 0.444 e. The van der Waals surface area contributed by atoms with Crippen LogP contribution >= 0.6 is 11.8 Å². The van der Waals surface area contributed by atoms with Crippen LogP contribution in [-0.2, 0) is 11.3 Å². The fourth-order valence-electron chi connectivity index (χ4n) is 1.84. The normalized spacial score (nSPS) is 18.9. The molecule has 1 aliphatic heterocycles. The molecule has 0 bridgehead atoms. The predicted octanol–water partition coefficient (Wildman–Crippen LogP) is 2.07. The van der Waals surface area contributed by atoms with Crippen molar-refractivity contribution < 1.29 is 9.53 Å². The van der Waals surface area contributed by atoms with Crippen molar-refractivity contribution in [3.8, 4) is 0 Å². The fourth-order valence-corrected chi connectivity index (χ4v) is 2.18. The minimum absolute atomic E-state index is 0.282. The standard InChI is InChI=1S/C11H13N3O2S/c1-17-10-12-4-8-6-16-11(15)14(9(8)13-10)5-7-2-3-7/h4,7H,2-3,5-6H2,1H3. The second kappa shape index (κ2) is 4.18. The van der Waals surface area contributed by atoms with Crippen LogP contribution in [0.4, 0.5) is 10.6 Å². The van der Waals surface area contributed by atoms with E-state index in [1.54, 1.807) is 11.1 Å². The smallest absolute Gasteiger partial charge is 0.415 e. The quantitative estimate of drug-likeness (QED) is 0.608. The first-order valence-corrected chi connectivity index (χ1v) is 6.84. The van der Waals surface area contributed by atoms with Crippen molar-refractivity contribution in [2.45, 2.75) is 24.6 Å². The minimum Gasteiger partial charge on any atom is -0.444 e. The molecule has 1 aliphatic carbocycles. The molecule has 1 amide bonds. The van der Waals surface area contributed by atoms with E-state index in [1.807, 2.05) is 6.26 Å². The van der Waals surface area contributed by atoms with E-state index < -0.39 is 0 Å². The van der Waals surface area contributed by atoms with Crippen LogP contribution in [0.15, 0.2) is 11.4 Å². The monoisotopic (exact) mass is 251 g/mol. The maximum absolute atomic E-state index is 11.8. The molecule has 3 rings (SSSR count). The van der Waals surface area contributed by atoms with E-state index in [1.165, 1.54) is 24.6 Å². The number of fused-ring (bicyclic) bond motifs is 1. The average molecular weight is 251 g/mol. The van der Waals surface area contributed by atoms with Gasteiger partial charge in [-0.25, -0.2) is 14.8 Å². The zero-order valence-corrected chi connectivity index (χ0v) is 10.4. The zero-order chi connectivity index (χ0) is 11.8. The van der Waals surface area contributed by atoms with E-state index in [0.717, 1.165) is 17.9 Å². The lowest BCUT2D eigenvalue weighted by atomic mass is 10.2. The first kappa shape index (κ1) is 10.8. The van der Waals surface area contributed by atoms with Gasteiger partial charge in [0.05, 0.1) is 5.56 Å². The SMILES string of the molecule is CSc1ncc2c(n1)N(CC1CC1)C(=O)OC2. The Labute approximate surface area is 104 Å². The summed E-state index contributed by atoms with van der Waals surface area (Å²) in [5.74, 6) is 1.34. The molecule has 1 aromatic rings. The van der Waals surface area contributed by atoms with Gasteiger partial charge in [-0.2, -0.15) is 0 Å². The Kier molecular flexibility index (Phi) is 2.66. The summed E-state index contributed by atoms with van der Waals surface area (Å²) in [7, 11) is 0. The molecule has 0 radical (unpaired) electrons. The van der Waals surface area contributed by atoms with Crippen molar-refractivity contribution >= 4 is 23.7 Å². The zero-order valence-electron chi connectivity index (χ0n) is 9.55. The summed E-state index contributed by atoms with van der Waals surface area (Å²) in [5, 5.41) is 0.694. The van der Waals surface area contributed by atoms with Crippen LogP contribution < -0.4 is 4.90 Å². The molecule has 1 fully saturated rings. The molecule has 0 aromatic carbocycles. The van der Waals surface area contributed by atoms with E-state index in [0.29, 0.717) is 11.1 Å². The number of aromatic nitrogens is 2. The van der Waals surface area contributed by atoms with Crippen LogP contribution in [0, 0.1) is 5.92 Å². The molecule has 5 nitrogen and oxygen atoms in total. The van der Waals surface area contributed by atoms with Crippen LogP contribution in [0.2, 0.25) is 0 Å². The summed E-state index contributed by atoms with van der Waals surface area (Å²) in [5.41, 5.74) is 0.892. The van der Waals surface area contributed by atoms with Gasteiger partial charge < -0.3 is 4.74 Å². The van der Waals surface area contributed by atoms with E-state index in [2.05, 4.69) is 9.97 Å². The molecule has 0 spiro atoms. The van der Waals surface area contributed by atoms with Gasteiger partial charge in [0.15, 0.2) is 5.16 Å². The highest BCUT2D eigenvalue weighted by Crippen LogP contribution is 2.34. The van der Waals surface area contributed by atoms with Gasteiger partial charge in [0, 0.05) is 12.7 Å². The minimum atomic E-state index is -0.282. The van der Waals surface area contributed by atoms with Gasteiger partial charge in [-0.3, -0.25) is 4.90 Å². The molecule has 2 heterocycles. The highest BCUT2D eigenvalue weighted by atomic mass is 32.2. The first-order chi connectivity index (χ1) is 8.28. The number of thioether (sulfide) groups is 1. The lowest BCUT2D eigenvalue weighted by Gasteiger charge is -2.27. The van der Waals surface area contributed by atoms with Gasteiger partial charge in [-0.05, 0) is 25.0 Å². The predicted molar refractivity (Wildman–Crippen MR) is 64.1 cm³/mol. The maximum Gasteiger partial charge on any atom is 0.415 e. The molecule has 0 atom stereocenters.